The van der Waals surface area contributed by atoms with Crippen LogP contribution >= 0.6 is 23.2 Å². The first-order chi connectivity index (χ1) is 18.1. The van der Waals surface area contributed by atoms with E-state index in [1.165, 1.54) is 4.90 Å². The van der Waals surface area contributed by atoms with Gasteiger partial charge in [-0.25, -0.2) is 0 Å². The Morgan fingerprint density at radius 1 is 0.842 bits per heavy atom. The first kappa shape index (κ1) is 29.7. The molecule has 2 aliphatic rings. The first-order valence-electron chi connectivity index (χ1n) is 12.6. The van der Waals surface area contributed by atoms with Gasteiger partial charge in [0.15, 0.2) is 0 Å². The van der Waals surface area contributed by atoms with Crippen molar-refractivity contribution in [2.24, 2.45) is 0 Å². The number of carbonyl (C=O) groups excluding carboxylic acids is 5. The highest BCUT2D eigenvalue weighted by atomic mass is 35.5. The Bertz CT molecular complexity index is 1040. The number of carbonyl (C=O) groups is 5. The maximum absolute atomic E-state index is 13.5. The van der Waals surface area contributed by atoms with Crippen LogP contribution in [0.4, 0.5) is 0 Å². The Balaban J connectivity index is 2.00. The molecule has 7 atom stereocenters. The van der Waals surface area contributed by atoms with E-state index in [9.17, 15) is 29.1 Å². The zero-order valence-electron chi connectivity index (χ0n) is 21.2. The van der Waals surface area contributed by atoms with E-state index in [-0.39, 0.29) is 25.8 Å². The quantitative estimate of drug-likeness (QED) is 0.320. The number of fused-ring (bicyclic) bond motifs is 1. The number of aliphatic hydroxyl groups excluding tert-OH is 1. The standard InChI is InChI=1S/C25H33Cl2N5O6/c1-3-15-22(35)31-18(12-33)23(36)30-17(13-8-6-5-7-9-13)10-19(34)28-16(4-2)25(38)32-11-14(26)20(27)21(32)24(37)29-15/h5-9,14-18,20-21,33H,3-4,10-12H2,1-2H3,(H,28,34)(H,29,37)(H,30,36)(H,31,35)/t14-,15+,16+,17-,18-,20-,21+/m1/s1. The second kappa shape index (κ2) is 13.3. The highest BCUT2D eigenvalue weighted by Crippen LogP contribution is 2.29. The summed E-state index contributed by atoms with van der Waals surface area (Å²) in [6.07, 6.45) is 0.170. The van der Waals surface area contributed by atoms with Crippen LogP contribution in [-0.4, -0.2) is 87.6 Å². The zero-order valence-corrected chi connectivity index (χ0v) is 22.7. The summed E-state index contributed by atoms with van der Waals surface area (Å²) in [5, 5.41) is 18.6. The number of hydrogen-bond donors (Lipinski definition) is 5. The Kier molecular flexibility index (Phi) is 10.3. The molecular formula is C25H33Cl2N5O6. The predicted molar refractivity (Wildman–Crippen MR) is 140 cm³/mol. The van der Waals surface area contributed by atoms with Gasteiger partial charge in [-0.3, -0.25) is 24.0 Å². The molecule has 2 fully saturated rings. The van der Waals surface area contributed by atoms with Gasteiger partial charge in [-0.1, -0.05) is 44.2 Å². The Morgan fingerprint density at radius 2 is 1.45 bits per heavy atom. The molecule has 0 radical (unpaired) electrons. The van der Waals surface area contributed by atoms with Crippen molar-refractivity contribution in [1.29, 1.82) is 0 Å². The second-order valence-corrected chi connectivity index (χ2v) is 10.4. The number of halogens is 2. The molecule has 13 heteroatoms. The maximum Gasteiger partial charge on any atom is 0.245 e. The smallest absolute Gasteiger partial charge is 0.245 e. The fourth-order valence-electron chi connectivity index (χ4n) is 4.55. The van der Waals surface area contributed by atoms with Crippen molar-refractivity contribution in [3.05, 3.63) is 35.9 Å². The van der Waals surface area contributed by atoms with E-state index in [4.69, 9.17) is 23.2 Å². The summed E-state index contributed by atoms with van der Waals surface area (Å²) < 4.78 is 0. The normalized spacial score (nSPS) is 31.7. The van der Waals surface area contributed by atoms with E-state index >= 15 is 0 Å². The number of aliphatic hydroxyl groups is 1. The summed E-state index contributed by atoms with van der Waals surface area (Å²) in [5.41, 5.74) is 0.618. The van der Waals surface area contributed by atoms with E-state index in [0.717, 1.165) is 0 Å². The summed E-state index contributed by atoms with van der Waals surface area (Å²) in [6, 6.07) is 3.36. The number of amides is 5. The Hall–Kier alpha value is -2.89. The summed E-state index contributed by atoms with van der Waals surface area (Å²) in [4.78, 5) is 67.0. The van der Waals surface area contributed by atoms with Gasteiger partial charge in [0.05, 0.1) is 29.8 Å². The highest BCUT2D eigenvalue weighted by molar-refractivity contribution is 6.32. The van der Waals surface area contributed by atoms with Crippen LogP contribution in [0.15, 0.2) is 30.3 Å². The van der Waals surface area contributed by atoms with E-state index in [1.807, 2.05) is 0 Å². The average Bonchev–Trinajstić information content (AvgIpc) is 3.21. The van der Waals surface area contributed by atoms with Crippen molar-refractivity contribution in [2.45, 2.75) is 74.1 Å². The van der Waals surface area contributed by atoms with Gasteiger partial charge >= 0.3 is 0 Å². The molecule has 11 nitrogen and oxygen atoms in total. The third-order valence-corrected chi connectivity index (χ3v) is 7.79. The Labute approximate surface area is 231 Å². The first-order valence-corrected chi connectivity index (χ1v) is 13.4. The van der Waals surface area contributed by atoms with Crippen molar-refractivity contribution in [1.82, 2.24) is 26.2 Å². The predicted octanol–water partition coefficient (Wildman–Crippen LogP) is -0.0601. The van der Waals surface area contributed by atoms with Gasteiger partial charge < -0.3 is 31.3 Å². The van der Waals surface area contributed by atoms with Gasteiger partial charge in [0.25, 0.3) is 0 Å². The van der Waals surface area contributed by atoms with E-state index in [2.05, 4.69) is 21.3 Å². The topological polar surface area (TPSA) is 157 Å². The molecule has 5 amide bonds. The van der Waals surface area contributed by atoms with Crippen molar-refractivity contribution < 1.29 is 29.1 Å². The summed E-state index contributed by atoms with van der Waals surface area (Å²) in [5.74, 6) is -3.16. The number of rotatable bonds is 4. The molecule has 0 spiro atoms. The fraction of sp³-hybridized carbons (Fsp3) is 0.560. The van der Waals surface area contributed by atoms with Gasteiger partial charge in [-0.05, 0) is 18.4 Å². The summed E-state index contributed by atoms with van der Waals surface area (Å²) in [6.45, 7) is 2.64. The van der Waals surface area contributed by atoms with Crippen molar-refractivity contribution in [2.75, 3.05) is 13.2 Å². The van der Waals surface area contributed by atoms with Gasteiger partial charge in [-0.15, -0.1) is 23.2 Å². The van der Waals surface area contributed by atoms with E-state index < -0.39 is 77.1 Å². The molecule has 0 aromatic heterocycles. The molecule has 2 aliphatic heterocycles. The lowest BCUT2D eigenvalue weighted by molar-refractivity contribution is -0.142. The van der Waals surface area contributed by atoms with Gasteiger partial charge in [0.2, 0.25) is 29.5 Å². The monoisotopic (exact) mass is 569 g/mol. The molecule has 3 rings (SSSR count). The minimum Gasteiger partial charge on any atom is -0.394 e. The van der Waals surface area contributed by atoms with Crippen LogP contribution < -0.4 is 21.3 Å². The number of nitrogens with zero attached hydrogens (tertiary/aromatic N) is 1. The molecule has 0 aliphatic carbocycles. The molecule has 208 valence electrons. The van der Waals surface area contributed by atoms with Gasteiger partial charge in [-0.2, -0.15) is 0 Å². The number of alkyl halides is 2. The van der Waals surface area contributed by atoms with Crippen LogP contribution in [0.1, 0.15) is 44.7 Å². The highest BCUT2D eigenvalue weighted by Gasteiger charge is 2.48. The van der Waals surface area contributed by atoms with E-state index in [0.29, 0.717) is 5.56 Å². The van der Waals surface area contributed by atoms with Crippen LogP contribution in [0.25, 0.3) is 0 Å². The molecule has 5 N–H and O–H groups in total. The third-order valence-electron chi connectivity index (χ3n) is 6.71. The lowest BCUT2D eigenvalue weighted by Crippen LogP contribution is -2.60. The van der Waals surface area contributed by atoms with Crippen LogP contribution in [0, 0.1) is 0 Å². The number of nitrogens with one attached hydrogen (secondary N) is 4. The molecule has 38 heavy (non-hydrogen) atoms. The molecule has 2 heterocycles. The van der Waals surface area contributed by atoms with Crippen molar-refractivity contribution in [3.8, 4) is 0 Å². The molecule has 1 aromatic rings. The third kappa shape index (κ3) is 6.75. The van der Waals surface area contributed by atoms with Crippen molar-refractivity contribution in [3.63, 3.8) is 0 Å². The summed E-state index contributed by atoms with van der Waals surface area (Å²) >= 11 is 12.8. The number of hydrogen-bond acceptors (Lipinski definition) is 6. The Morgan fingerprint density at radius 3 is 2.05 bits per heavy atom. The zero-order chi connectivity index (χ0) is 28.0. The van der Waals surface area contributed by atoms with Crippen LogP contribution in [0.2, 0.25) is 0 Å². The molecule has 1 aromatic carbocycles. The fourth-order valence-corrected chi connectivity index (χ4v) is 5.17. The lowest BCUT2D eigenvalue weighted by atomic mass is 10.0. The molecule has 0 bridgehead atoms. The average molecular weight is 570 g/mol. The largest absolute Gasteiger partial charge is 0.394 e. The van der Waals surface area contributed by atoms with Gasteiger partial charge in [0.1, 0.15) is 24.2 Å². The minimum absolute atomic E-state index is 0.0166. The van der Waals surface area contributed by atoms with Crippen LogP contribution in [-0.2, 0) is 24.0 Å². The maximum atomic E-state index is 13.5. The van der Waals surface area contributed by atoms with Crippen molar-refractivity contribution >= 4 is 52.7 Å². The summed E-state index contributed by atoms with van der Waals surface area (Å²) in [7, 11) is 0. The molecule has 2 saturated heterocycles. The number of benzene rings is 1. The molecule has 0 unspecified atom stereocenters. The SMILES string of the molecule is CC[C@@H]1NC(=O)[C@@H]2[C@H](Cl)[C@H](Cl)CN2C(=O)[C@H](CC)NC(=O)C[C@H](c2ccccc2)NC(=O)[C@@H](CO)NC1=O. The van der Waals surface area contributed by atoms with Crippen LogP contribution in [0.5, 0.6) is 0 Å². The van der Waals surface area contributed by atoms with E-state index in [1.54, 1.807) is 44.2 Å². The minimum atomic E-state index is -1.34. The lowest BCUT2D eigenvalue weighted by Gasteiger charge is -2.31. The van der Waals surface area contributed by atoms with Gasteiger partial charge in [0, 0.05) is 6.54 Å². The van der Waals surface area contributed by atoms with Crippen LogP contribution in [0.3, 0.4) is 0 Å². The second-order valence-electron chi connectivity index (χ2n) is 9.31. The molecule has 0 saturated carbocycles. The molecular weight excluding hydrogens is 537 g/mol.